The van der Waals surface area contributed by atoms with Crippen molar-refractivity contribution in [2.45, 2.75) is 46.1 Å². The van der Waals surface area contributed by atoms with E-state index in [0.29, 0.717) is 5.92 Å². The highest BCUT2D eigenvalue weighted by Crippen LogP contribution is 2.22. The predicted molar refractivity (Wildman–Crippen MR) is 85.9 cm³/mol. The third kappa shape index (κ3) is 4.38. The van der Waals surface area contributed by atoms with Gasteiger partial charge in [-0.25, -0.2) is 0 Å². The fraction of sp³-hybridized carbons (Fsp3) is 0.625. The van der Waals surface area contributed by atoms with E-state index >= 15 is 0 Å². The summed E-state index contributed by atoms with van der Waals surface area (Å²) in [5.74, 6) is 0.544. The molecule has 0 saturated carbocycles. The largest absolute Gasteiger partial charge is 0.352 e. The molecule has 1 aliphatic heterocycles. The molecule has 0 aliphatic carbocycles. The molecule has 2 heterocycles. The van der Waals surface area contributed by atoms with Crippen molar-refractivity contribution in [1.82, 2.24) is 10.6 Å². The molecule has 0 spiro atoms. The first kappa shape index (κ1) is 16.2. The summed E-state index contributed by atoms with van der Waals surface area (Å²) in [4.78, 5) is 26.3. The highest BCUT2D eigenvalue weighted by Gasteiger charge is 2.23. The molecule has 0 radical (unpaired) electrons. The number of Topliss-reactive ketones (excluding diaryl/α,β-unsaturated/α-hetero) is 1. The normalized spacial score (nSPS) is 22.0. The quantitative estimate of drug-likeness (QED) is 0.822. The Morgan fingerprint density at radius 2 is 2.14 bits per heavy atom. The van der Waals surface area contributed by atoms with E-state index in [-0.39, 0.29) is 30.6 Å². The molecular weight excluding hydrogens is 284 g/mol. The highest BCUT2D eigenvalue weighted by molar-refractivity contribution is 7.12. The topological polar surface area (TPSA) is 58.2 Å². The summed E-state index contributed by atoms with van der Waals surface area (Å²) in [5.41, 5.74) is 0.776. The number of amides is 1. The molecule has 21 heavy (non-hydrogen) atoms. The second-order valence-corrected chi connectivity index (χ2v) is 7.35. The summed E-state index contributed by atoms with van der Waals surface area (Å²) in [5, 5.41) is 6.34. The molecule has 2 N–H and O–H groups in total. The van der Waals surface area contributed by atoms with Gasteiger partial charge in [0.2, 0.25) is 5.91 Å². The second kappa shape index (κ2) is 7.18. The number of hydrogen-bond acceptors (Lipinski definition) is 4. The van der Waals surface area contributed by atoms with Crippen molar-refractivity contribution in [3.05, 3.63) is 21.4 Å². The number of hydrogen-bond donors (Lipinski definition) is 2. The summed E-state index contributed by atoms with van der Waals surface area (Å²) in [6, 6.07) is 2.11. The van der Waals surface area contributed by atoms with Gasteiger partial charge < -0.3 is 10.6 Å². The molecule has 2 atom stereocenters. The van der Waals surface area contributed by atoms with E-state index in [0.717, 1.165) is 34.8 Å². The maximum absolute atomic E-state index is 12.2. The number of ketones is 1. The molecule has 2 unspecified atom stereocenters. The van der Waals surface area contributed by atoms with Crippen molar-refractivity contribution >= 4 is 23.0 Å². The molecule has 4 nitrogen and oxygen atoms in total. The zero-order chi connectivity index (χ0) is 15.4. The first-order valence-corrected chi connectivity index (χ1v) is 8.39. The zero-order valence-electron chi connectivity index (χ0n) is 13.0. The molecule has 5 heteroatoms. The Bertz CT molecular complexity index is 524. The molecule has 1 amide bonds. The van der Waals surface area contributed by atoms with E-state index in [1.165, 1.54) is 0 Å². The number of carbonyl (C=O) groups is 2. The molecule has 116 valence electrons. The van der Waals surface area contributed by atoms with Crippen LogP contribution in [0.3, 0.4) is 0 Å². The molecule has 0 aromatic carbocycles. The number of piperidine rings is 1. The van der Waals surface area contributed by atoms with E-state index < -0.39 is 0 Å². The number of nitrogens with one attached hydrogen (secondary N) is 2. The van der Waals surface area contributed by atoms with Crippen LogP contribution in [-0.4, -0.2) is 30.8 Å². The van der Waals surface area contributed by atoms with E-state index in [4.69, 9.17) is 0 Å². The zero-order valence-corrected chi connectivity index (χ0v) is 13.8. The van der Waals surface area contributed by atoms with Gasteiger partial charge in [-0.3, -0.25) is 9.59 Å². The fourth-order valence-corrected chi connectivity index (χ4v) is 3.67. The van der Waals surface area contributed by atoms with Crippen LogP contribution in [0.1, 0.15) is 46.3 Å². The van der Waals surface area contributed by atoms with Gasteiger partial charge in [-0.05, 0) is 38.8 Å². The van der Waals surface area contributed by atoms with Gasteiger partial charge in [0, 0.05) is 40.7 Å². The third-order valence-corrected chi connectivity index (χ3v) is 5.06. The molecular formula is C16H24N2O2S. The lowest BCUT2D eigenvalue weighted by molar-refractivity contribution is -0.122. The van der Waals surface area contributed by atoms with Gasteiger partial charge in [-0.15, -0.1) is 11.3 Å². The van der Waals surface area contributed by atoms with Crippen molar-refractivity contribution in [3.8, 4) is 0 Å². The summed E-state index contributed by atoms with van der Waals surface area (Å²) < 4.78 is 0. The predicted octanol–water partition coefficient (Wildman–Crippen LogP) is 2.44. The van der Waals surface area contributed by atoms with Crippen molar-refractivity contribution in [2.24, 2.45) is 5.92 Å². The van der Waals surface area contributed by atoms with Crippen molar-refractivity contribution in [3.63, 3.8) is 0 Å². The summed E-state index contributed by atoms with van der Waals surface area (Å²) in [6.07, 6.45) is 1.64. The molecule has 0 bridgehead atoms. The molecule has 1 aromatic rings. The Kier molecular flexibility index (Phi) is 5.53. The van der Waals surface area contributed by atoms with Gasteiger partial charge in [-0.1, -0.05) is 6.92 Å². The van der Waals surface area contributed by atoms with Crippen molar-refractivity contribution in [1.29, 1.82) is 0 Å². The smallest absolute Gasteiger partial charge is 0.220 e. The molecule has 1 fully saturated rings. The van der Waals surface area contributed by atoms with E-state index in [1.807, 2.05) is 19.9 Å². The van der Waals surface area contributed by atoms with Gasteiger partial charge in [0.1, 0.15) is 0 Å². The average molecular weight is 308 g/mol. The lowest BCUT2D eigenvalue weighted by Gasteiger charge is -2.30. The van der Waals surface area contributed by atoms with Crippen molar-refractivity contribution in [2.75, 3.05) is 13.1 Å². The highest BCUT2D eigenvalue weighted by atomic mass is 32.1. The van der Waals surface area contributed by atoms with Crippen LogP contribution in [0, 0.1) is 19.8 Å². The Morgan fingerprint density at radius 1 is 1.38 bits per heavy atom. The Labute approximate surface area is 130 Å². The van der Waals surface area contributed by atoms with Crippen molar-refractivity contribution < 1.29 is 9.59 Å². The minimum absolute atomic E-state index is 0.0199. The van der Waals surface area contributed by atoms with Crippen LogP contribution in [0.15, 0.2) is 6.07 Å². The molecule has 2 rings (SSSR count). The minimum Gasteiger partial charge on any atom is -0.352 e. The van der Waals surface area contributed by atoms with Gasteiger partial charge in [0.25, 0.3) is 0 Å². The first-order chi connectivity index (χ1) is 9.97. The van der Waals surface area contributed by atoms with E-state index in [1.54, 1.807) is 11.3 Å². The fourth-order valence-electron chi connectivity index (χ4n) is 2.73. The number of carbonyl (C=O) groups excluding carboxylic acids is 2. The lowest BCUT2D eigenvalue weighted by atomic mass is 9.94. The summed E-state index contributed by atoms with van der Waals surface area (Å²) in [6.45, 7) is 7.96. The van der Waals surface area contributed by atoms with Crippen LogP contribution < -0.4 is 10.6 Å². The van der Waals surface area contributed by atoms with Gasteiger partial charge in [-0.2, -0.15) is 0 Å². The van der Waals surface area contributed by atoms with Crippen LogP contribution in [0.5, 0.6) is 0 Å². The van der Waals surface area contributed by atoms with Crippen LogP contribution in [0.2, 0.25) is 0 Å². The Hall–Kier alpha value is -1.20. The van der Waals surface area contributed by atoms with E-state index in [2.05, 4.69) is 17.6 Å². The van der Waals surface area contributed by atoms with Gasteiger partial charge in [0.15, 0.2) is 5.78 Å². The first-order valence-electron chi connectivity index (χ1n) is 7.57. The second-order valence-electron chi connectivity index (χ2n) is 5.89. The SMILES string of the molecule is Cc1cc(C(=O)CCC(=O)NC2CNCCC2C)c(C)s1. The average Bonchev–Trinajstić information content (AvgIpc) is 2.78. The monoisotopic (exact) mass is 308 g/mol. The standard InChI is InChI=1S/C16H24N2O2S/c1-10-6-7-17-9-14(10)18-16(20)5-4-15(19)13-8-11(2)21-12(13)3/h8,10,14,17H,4-7,9H2,1-3H3,(H,18,20). The summed E-state index contributed by atoms with van der Waals surface area (Å²) >= 11 is 1.63. The lowest BCUT2D eigenvalue weighted by Crippen LogP contribution is -2.50. The Morgan fingerprint density at radius 3 is 2.76 bits per heavy atom. The van der Waals surface area contributed by atoms with Crippen LogP contribution >= 0.6 is 11.3 Å². The molecule has 1 aliphatic rings. The maximum atomic E-state index is 12.2. The van der Waals surface area contributed by atoms with Crippen LogP contribution in [-0.2, 0) is 4.79 Å². The maximum Gasteiger partial charge on any atom is 0.220 e. The molecule has 1 aromatic heterocycles. The molecule has 1 saturated heterocycles. The van der Waals surface area contributed by atoms with E-state index in [9.17, 15) is 9.59 Å². The third-order valence-electron chi connectivity index (χ3n) is 4.09. The number of rotatable bonds is 5. The van der Waals surface area contributed by atoms with Gasteiger partial charge >= 0.3 is 0 Å². The van der Waals surface area contributed by atoms with Crippen LogP contribution in [0.4, 0.5) is 0 Å². The summed E-state index contributed by atoms with van der Waals surface area (Å²) in [7, 11) is 0. The number of aryl methyl sites for hydroxylation is 2. The Balaban J connectivity index is 1.81. The van der Waals surface area contributed by atoms with Gasteiger partial charge in [0.05, 0.1) is 0 Å². The van der Waals surface area contributed by atoms with Crippen LogP contribution in [0.25, 0.3) is 0 Å². The minimum atomic E-state index is -0.0199. The number of thiophene rings is 1.